The molecule has 0 bridgehead atoms. The Kier molecular flexibility index (Phi) is 5.55. The number of rotatable bonds is 8. The summed E-state index contributed by atoms with van der Waals surface area (Å²) < 4.78 is 40.5. The van der Waals surface area contributed by atoms with Gasteiger partial charge in [-0.25, -0.2) is 23.1 Å². The third-order valence-electron chi connectivity index (χ3n) is 3.45. The second-order valence-electron chi connectivity index (χ2n) is 5.29. The van der Waals surface area contributed by atoms with Gasteiger partial charge in [0.25, 0.3) is 10.0 Å². The molecule has 27 heavy (non-hydrogen) atoms. The van der Waals surface area contributed by atoms with Crippen molar-refractivity contribution in [2.24, 2.45) is 0 Å². The average Bonchev–Trinajstić information content (AvgIpc) is 3.17. The zero-order valence-electron chi connectivity index (χ0n) is 14.9. The van der Waals surface area contributed by atoms with E-state index in [2.05, 4.69) is 19.8 Å². The monoisotopic (exact) mass is 389 g/mol. The first-order chi connectivity index (χ1) is 13.0. The molecular formula is C17H19N5O4S. The van der Waals surface area contributed by atoms with Crippen molar-refractivity contribution in [2.45, 2.75) is 18.7 Å². The van der Waals surface area contributed by atoms with Crippen LogP contribution in [0.25, 0.3) is 5.82 Å². The highest BCUT2D eigenvalue weighted by Gasteiger charge is 2.21. The summed E-state index contributed by atoms with van der Waals surface area (Å²) in [5, 5.41) is 4.06. The van der Waals surface area contributed by atoms with Gasteiger partial charge in [-0.2, -0.15) is 5.10 Å². The van der Waals surface area contributed by atoms with Gasteiger partial charge in [-0.05, 0) is 32.0 Å². The number of nitrogens with one attached hydrogen (secondary N) is 1. The van der Waals surface area contributed by atoms with Gasteiger partial charge in [-0.3, -0.25) is 4.72 Å². The van der Waals surface area contributed by atoms with Gasteiger partial charge in [0, 0.05) is 24.5 Å². The Morgan fingerprint density at radius 1 is 1.11 bits per heavy atom. The molecule has 9 nitrogen and oxygen atoms in total. The first-order valence-electron chi connectivity index (χ1n) is 8.28. The Bertz CT molecular complexity index is 1010. The van der Waals surface area contributed by atoms with Crippen LogP contribution in [0.15, 0.2) is 53.9 Å². The molecule has 0 aliphatic heterocycles. The number of benzene rings is 1. The number of aromatic nitrogens is 4. The summed E-state index contributed by atoms with van der Waals surface area (Å²) in [5.41, 5.74) is 0. The fourth-order valence-corrected chi connectivity index (χ4v) is 3.49. The zero-order chi connectivity index (χ0) is 19.3. The van der Waals surface area contributed by atoms with Gasteiger partial charge in [0.05, 0.1) is 13.2 Å². The lowest BCUT2D eigenvalue weighted by Gasteiger charge is -2.14. The van der Waals surface area contributed by atoms with E-state index in [4.69, 9.17) is 9.47 Å². The minimum Gasteiger partial charge on any atom is -0.494 e. The fourth-order valence-electron chi connectivity index (χ4n) is 2.36. The number of hydrogen-bond acceptors (Lipinski definition) is 7. The van der Waals surface area contributed by atoms with Crippen LogP contribution < -0.4 is 14.2 Å². The molecule has 0 fully saturated rings. The Morgan fingerprint density at radius 3 is 2.63 bits per heavy atom. The molecule has 0 saturated heterocycles. The first-order valence-corrected chi connectivity index (χ1v) is 9.76. The quantitative estimate of drug-likeness (QED) is 0.629. The van der Waals surface area contributed by atoms with Crippen molar-refractivity contribution in [1.29, 1.82) is 0 Å². The van der Waals surface area contributed by atoms with Crippen LogP contribution in [0, 0.1) is 0 Å². The Morgan fingerprint density at radius 2 is 1.93 bits per heavy atom. The lowest BCUT2D eigenvalue weighted by atomic mass is 10.3. The van der Waals surface area contributed by atoms with Gasteiger partial charge >= 0.3 is 0 Å². The third kappa shape index (κ3) is 4.34. The second-order valence-corrected chi connectivity index (χ2v) is 6.94. The molecule has 0 saturated carbocycles. The molecule has 0 unspecified atom stereocenters. The maximum atomic E-state index is 12.8. The number of ether oxygens (including phenoxy) is 2. The van der Waals surface area contributed by atoms with Crippen LogP contribution >= 0.6 is 0 Å². The van der Waals surface area contributed by atoms with Gasteiger partial charge in [-0.1, -0.05) is 0 Å². The van der Waals surface area contributed by atoms with Gasteiger partial charge in [0.15, 0.2) is 5.82 Å². The smallest absolute Gasteiger partial charge is 0.266 e. The van der Waals surface area contributed by atoms with E-state index < -0.39 is 10.0 Å². The summed E-state index contributed by atoms with van der Waals surface area (Å²) in [6.07, 6.45) is 4.55. The van der Waals surface area contributed by atoms with E-state index in [1.165, 1.54) is 23.1 Å². The lowest BCUT2D eigenvalue weighted by Crippen LogP contribution is -2.16. The number of anilines is 1. The summed E-state index contributed by atoms with van der Waals surface area (Å²) in [7, 11) is -3.93. The highest BCUT2D eigenvalue weighted by atomic mass is 32.2. The van der Waals surface area contributed by atoms with E-state index >= 15 is 0 Å². The number of hydrogen-bond donors (Lipinski definition) is 1. The Labute approximate surface area is 157 Å². The maximum Gasteiger partial charge on any atom is 0.266 e. The van der Waals surface area contributed by atoms with Crippen molar-refractivity contribution in [3.63, 3.8) is 0 Å². The van der Waals surface area contributed by atoms with E-state index in [9.17, 15) is 8.42 Å². The summed E-state index contributed by atoms with van der Waals surface area (Å²) in [4.78, 5) is 8.04. The molecule has 3 rings (SSSR count). The van der Waals surface area contributed by atoms with Crippen molar-refractivity contribution in [3.05, 3.63) is 49.1 Å². The van der Waals surface area contributed by atoms with E-state index in [-0.39, 0.29) is 16.5 Å². The molecule has 10 heteroatoms. The van der Waals surface area contributed by atoms with Crippen molar-refractivity contribution in [1.82, 2.24) is 19.7 Å². The van der Waals surface area contributed by atoms with Crippen molar-refractivity contribution in [2.75, 3.05) is 17.9 Å². The first kappa shape index (κ1) is 18.6. The van der Waals surface area contributed by atoms with Crippen LogP contribution in [0.4, 0.5) is 5.82 Å². The zero-order valence-corrected chi connectivity index (χ0v) is 15.7. The van der Waals surface area contributed by atoms with Crippen LogP contribution in [-0.4, -0.2) is 41.4 Å². The summed E-state index contributed by atoms with van der Waals surface area (Å²) in [6.45, 7) is 4.40. The van der Waals surface area contributed by atoms with Gasteiger partial charge in [0.1, 0.15) is 28.5 Å². The van der Waals surface area contributed by atoms with Crippen LogP contribution in [-0.2, 0) is 10.0 Å². The minimum absolute atomic E-state index is 0.00736. The summed E-state index contributed by atoms with van der Waals surface area (Å²) >= 11 is 0. The van der Waals surface area contributed by atoms with Crippen molar-refractivity contribution in [3.8, 4) is 17.3 Å². The van der Waals surface area contributed by atoms with Gasteiger partial charge in [0.2, 0.25) is 0 Å². The minimum atomic E-state index is -3.93. The second kappa shape index (κ2) is 8.04. The number of sulfonamides is 1. The van der Waals surface area contributed by atoms with Gasteiger partial charge < -0.3 is 9.47 Å². The van der Waals surface area contributed by atoms with Crippen molar-refractivity contribution >= 4 is 15.8 Å². The van der Waals surface area contributed by atoms with E-state index in [1.54, 1.807) is 37.5 Å². The van der Waals surface area contributed by atoms with E-state index in [0.29, 0.717) is 24.8 Å². The third-order valence-corrected chi connectivity index (χ3v) is 4.84. The largest absolute Gasteiger partial charge is 0.494 e. The molecule has 1 N–H and O–H groups in total. The maximum absolute atomic E-state index is 12.8. The number of nitrogens with zero attached hydrogens (tertiary/aromatic N) is 4. The molecule has 3 aromatic rings. The summed E-state index contributed by atoms with van der Waals surface area (Å²) in [5.74, 6) is 1.29. The predicted octanol–water partition coefficient (Wildman–Crippen LogP) is 2.26. The molecule has 0 radical (unpaired) electrons. The highest BCUT2D eigenvalue weighted by Crippen LogP contribution is 2.30. The standard InChI is InChI=1S/C17H19N5O4S/c1-3-25-13-6-7-15(14(10-13)26-4-2)27(23,24)21-16-11-17(19-12-18-16)22-9-5-8-20-22/h5-12H,3-4H2,1-2H3,(H,18,19,21). The molecule has 0 aliphatic rings. The van der Waals surface area contributed by atoms with E-state index in [1.807, 2.05) is 6.92 Å². The van der Waals surface area contributed by atoms with Crippen LogP contribution in [0.2, 0.25) is 0 Å². The fraction of sp³-hybridized carbons (Fsp3) is 0.235. The molecule has 1 aromatic carbocycles. The van der Waals surface area contributed by atoms with Gasteiger partial charge in [-0.15, -0.1) is 0 Å². The highest BCUT2D eigenvalue weighted by molar-refractivity contribution is 7.92. The molecule has 0 spiro atoms. The Hall–Kier alpha value is -3.14. The SMILES string of the molecule is CCOc1ccc(S(=O)(=O)Nc2cc(-n3cccn3)ncn2)c(OCC)c1. The molecule has 2 heterocycles. The normalized spacial score (nSPS) is 11.2. The molecule has 0 aliphatic carbocycles. The average molecular weight is 389 g/mol. The topological polar surface area (TPSA) is 108 Å². The molecule has 142 valence electrons. The van der Waals surface area contributed by atoms with E-state index in [0.717, 1.165) is 0 Å². The van der Waals surface area contributed by atoms with Crippen LogP contribution in [0.5, 0.6) is 11.5 Å². The lowest BCUT2D eigenvalue weighted by molar-refractivity contribution is 0.317. The molecule has 0 amide bonds. The molecular weight excluding hydrogens is 370 g/mol. The van der Waals surface area contributed by atoms with Crippen LogP contribution in [0.3, 0.4) is 0 Å². The summed E-state index contributed by atoms with van der Waals surface area (Å²) in [6, 6.07) is 7.79. The molecule has 2 aromatic heterocycles. The van der Waals surface area contributed by atoms with Crippen LogP contribution in [0.1, 0.15) is 13.8 Å². The Balaban J connectivity index is 1.92. The predicted molar refractivity (Wildman–Crippen MR) is 98.7 cm³/mol. The molecule has 0 atom stereocenters. The van der Waals surface area contributed by atoms with Crippen molar-refractivity contribution < 1.29 is 17.9 Å².